The highest BCUT2D eigenvalue weighted by atomic mass is 35.5. The second-order valence-electron chi connectivity index (χ2n) is 8.40. The van der Waals surface area contributed by atoms with Crippen molar-refractivity contribution >= 4 is 29.1 Å². The normalized spacial score (nSPS) is 22.0. The molecule has 0 bridgehead atoms. The third-order valence-electron chi connectivity index (χ3n) is 6.29. The van der Waals surface area contributed by atoms with Gasteiger partial charge in [0.25, 0.3) is 0 Å². The molecule has 2 aliphatic rings. The maximum Gasteiger partial charge on any atom is 0.249 e. The Balaban J connectivity index is 1.39. The molecule has 0 aromatic heterocycles. The highest BCUT2D eigenvalue weighted by Gasteiger charge is 2.40. The van der Waals surface area contributed by atoms with Crippen LogP contribution in [0.3, 0.4) is 0 Å². The molecule has 2 aromatic carbocycles. The van der Waals surface area contributed by atoms with E-state index in [2.05, 4.69) is 4.90 Å². The van der Waals surface area contributed by atoms with Crippen molar-refractivity contribution in [2.45, 2.75) is 31.8 Å². The Bertz CT molecular complexity index is 969. The number of carbonyl (C=O) groups is 2. The molecular formula is C24H27ClFN3O2. The molecule has 0 aliphatic carbocycles. The molecule has 0 radical (unpaired) electrons. The van der Waals surface area contributed by atoms with Gasteiger partial charge in [-0.1, -0.05) is 35.9 Å². The van der Waals surface area contributed by atoms with Crippen LogP contribution in [-0.4, -0.2) is 54.3 Å². The second-order valence-corrected chi connectivity index (χ2v) is 8.81. The van der Waals surface area contributed by atoms with Gasteiger partial charge in [-0.15, -0.1) is 0 Å². The lowest BCUT2D eigenvalue weighted by atomic mass is 9.95. The van der Waals surface area contributed by atoms with Crippen LogP contribution in [0.25, 0.3) is 0 Å². The van der Waals surface area contributed by atoms with Gasteiger partial charge < -0.3 is 9.80 Å². The maximum atomic E-state index is 13.5. The summed E-state index contributed by atoms with van der Waals surface area (Å²) in [7, 11) is 1.73. The molecular weight excluding hydrogens is 417 g/mol. The fourth-order valence-corrected chi connectivity index (χ4v) is 4.91. The molecule has 4 rings (SSSR count). The van der Waals surface area contributed by atoms with Crippen LogP contribution in [0.4, 0.5) is 10.1 Å². The summed E-state index contributed by atoms with van der Waals surface area (Å²) in [5, 5.41) is 0.533. The number of likely N-dealkylation sites (N-methyl/N-ethyl adjacent to an activating group) is 1. The summed E-state index contributed by atoms with van der Waals surface area (Å²) in [6.45, 7) is 2.66. The van der Waals surface area contributed by atoms with Gasteiger partial charge in [0.05, 0.1) is 16.6 Å². The molecule has 2 heterocycles. The van der Waals surface area contributed by atoms with Gasteiger partial charge in [-0.2, -0.15) is 0 Å². The number of piperidine rings is 1. The molecule has 0 N–H and O–H groups in total. The van der Waals surface area contributed by atoms with Gasteiger partial charge in [0.15, 0.2) is 0 Å². The Morgan fingerprint density at radius 2 is 1.97 bits per heavy atom. The first-order valence-corrected chi connectivity index (χ1v) is 11.1. The van der Waals surface area contributed by atoms with E-state index in [0.29, 0.717) is 36.8 Å². The van der Waals surface area contributed by atoms with Gasteiger partial charge in [0, 0.05) is 26.7 Å². The summed E-state index contributed by atoms with van der Waals surface area (Å²) in [6, 6.07) is 13.4. The van der Waals surface area contributed by atoms with Crippen molar-refractivity contribution < 1.29 is 14.0 Å². The molecule has 2 saturated heterocycles. The number of anilines is 1. The molecule has 7 heteroatoms. The lowest BCUT2D eigenvalue weighted by molar-refractivity contribution is -0.141. The maximum absolute atomic E-state index is 13.5. The number of rotatable bonds is 5. The van der Waals surface area contributed by atoms with Crippen molar-refractivity contribution in [1.82, 2.24) is 9.80 Å². The van der Waals surface area contributed by atoms with E-state index in [1.165, 1.54) is 12.1 Å². The third-order valence-corrected chi connectivity index (χ3v) is 6.61. The monoisotopic (exact) mass is 443 g/mol. The zero-order chi connectivity index (χ0) is 22.0. The third kappa shape index (κ3) is 4.75. The van der Waals surface area contributed by atoms with Gasteiger partial charge >= 0.3 is 0 Å². The smallest absolute Gasteiger partial charge is 0.249 e. The Hall–Kier alpha value is -2.44. The largest absolute Gasteiger partial charge is 0.333 e. The summed E-state index contributed by atoms with van der Waals surface area (Å²) in [4.78, 5) is 31.8. The molecule has 2 aromatic rings. The second kappa shape index (κ2) is 9.37. The number of hydrogen-bond acceptors (Lipinski definition) is 3. The van der Waals surface area contributed by atoms with E-state index in [1.54, 1.807) is 29.0 Å². The Morgan fingerprint density at radius 3 is 2.74 bits per heavy atom. The van der Waals surface area contributed by atoms with Gasteiger partial charge in [-0.3, -0.25) is 14.5 Å². The molecule has 2 aliphatic heterocycles. The number of carbonyl (C=O) groups excluding carboxylic acids is 2. The number of benzene rings is 2. The first-order chi connectivity index (χ1) is 14.9. The van der Waals surface area contributed by atoms with E-state index >= 15 is 0 Å². The zero-order valence-electron chi connectivity index (χ0n) is 17.6. The fraction of sp³-hybridized carbons (Fsp3) is 0.417. The van der Waals surface area contributed by atoms with Crippen LogP contribution in [0.2, 0.25) is 5.02 Å². The minimum atomic E-state index is -0.470. The number of nitrogens with zero attached hydrogens (tertiary/aromatic N) is 3. The predicted octanol–water partition coefficient (Wildman–Crippen LogP) is 3.96. The van der Waals surface area contributed by atoms with E-state index in [4.69, 9.17) is 11.6 Å². The first-order valence-electron chi connectivity index (χ1n) is 10.7. The van der Waals surface area contributed by atoms with Gasteiger partial charge in [-0.25, -0.2) is 4.39 Å². The van der Waals surface area contributed by atoms with Crippen molar-refractivity contribution in [3.63, 3.8) is 0 Å². The quantitative estimate of drug-likeness (QED) is 0.702. The molecule has 164 valence electrons. The van der Waals surface area contributed by atoms with E-state index in [9.17, 15) is 14.0 Å². The number of likely N-dealkylation sites (tertiary alicyclic amines) is 1. The standard InChI is InChI=1S/C24H27ClFN3O2/c1-27(22-11-13-29(24(22)31)21-10-3-2-9-20(21)25)23(30)18-7-5-12-28(16-18)15-17-6-4-8-19(26)14-17/h2-4,6,8-10,14,18,22H,5,7,11-13,15-16H2,1H3. The van der Waals surface area contributed by atoms with Crippen LogP contribution >= 0.6 is 11.6 Å². The number of halogens is 2. The van der Waals surface area contributed by atoms with E-state index < -0.39 is 6.04 Å². The van der Waals surface area contributed by atoms with Crippen molar-refractivity contribution in [2.75, 3.05) is 31.6 Å². The average Bonchev–Trinajstić information content (AvgIpc) is 3.14. The highest BCUT2D eigenvalue weighted by Crippen LogP contribution is 2.31. The molecule has 31 heavy (non-hydrogen) atoms. The molecule has 2 unspecified atom stereocenters. The van der Waals surface area contributed by atoms with Crippen molar-refractivity contribution in [3.8, 4) is 0 Å². The van der Waals surface area contributed by atoms with E-state index in [1.807, 2.05) is 24.3 Å². The summed E-state index contributed by atoms with van der Waals surface area (Å²) in [5.74, 6) is -0.487. The van der Waals surface area contributed by atoms with Crippen LogP contribution in [0.15, 0.2) is 48.5 Å². The summed E-state index contributed by atoms with van der Waals surface area (Å²) in [6.07, 6.45) is 2.30. The van der Waals surface area contributed by atoms with Crippen LogP contribution < -0.4 is 4.90 Å². The molecule has 0 saturated carbocycles. The van der Waals surface area contributed by atoms with Crippen molar-refractivity contribution in [1.29, 1.82) is 0 Å². The summed E-state index contributed by atoms with van der Waals surface area (Å²) in [5.41, 5.74) is 1.60. The minimum Gasteiger partial charge on any atom is -0.333 e. The number of hydrogen-bond donors (Lipinski definition) is 0. The van der Waals surface area contributed by atoms with E-state index in [0.717, 1.165) is 24.9 Å². The van der Waals surface area contributed by atoms with Crippen molar-refractivity contribution in [3.05, 3.63) is 64.9 Å². The van der Waals surface area contributed by atoms with Crippen molar-refractivity contribution in [2.24, 2.45) is 5.92 Å². The number of para-hydroxylation sites is 1. The average molecular weight is 444 g/mol. The molecule has 2 atom stereocenters. The van der Waals surface area contributed by atoms with Gasteiger partial charge in [0.2, 0.25) is 11.8 Å². The predicted molar refractivity (Wildman–Crippen MR) is 119 cm³/mol. The van der Waals surface area contributed by atoms with Crippen LogP contribution in [-0.2, 0) is 16.1 Å². The Kier molecular flexibility index (Phi) is 6.58. The lowest BCUT2D eigenvalue weighted by Crippen LogP contribution is -2.49. The number of amides is 2. The minimum absolute atomic E-state index is 0.00306. The van der Waals surface area contributed by atoms with Crippen LogP contribution in [0.5, 0.6) is 0 Å². The topological polar surface area (TPSA) is 43.9 Å². The van der Waals surface area contributed by atoms with Crippen LogP contribution in [0, 0.1) is 11.7 Å². The summed E-state index contributed by atoms with van der Waals surface area (Å²) < 4.78 is 13.5. The first kappa shape index (κ1) is 21.8. The Morgan fingerprint density at radius 1 is 1.16 bits per heavy atom. The van der Waals surface area contributed by atoms with Gasteiger partial charge in [-0.05, 0) is 55.6 Å². The van der Waals surface area contributed by atoms with E-state index in [-0.39, 0.29) is 23.5 Å². The summed E-state index contributed by atoms with van der Waals surface area (Å²) >= 11 is 6.27. The zero-order valence-corrected chi connectivity index (χ0v) is 18.4. The SMILES string of the molecule is CN(C(=O)C1CCCN(Cc2cccc(F)c2)C1)C1CCN(c2ccccc2Cl)C1=O. The van der Waals surface area contributed by atoms with Crippen LogP contribution in [0.1, 0.15) is 24.8 Å². The molecule has 0 spiro atoms. The van der Waals surface area contributed by atoms with Gasteiger partial charge in [0.1, 0.15) is 11.9 Å². The Labute approximate surface area is 187 Å². The molecule has 5 nitrogen and oxygen atoms in total. The molecule has 2 fully saturated rings. The molecule has 2 amide bonds. The highest BCUT2D eigenvalue weighted by molar-refractivity contribution is 6.34. The lowest BCUT2D eigenvalue weighted by Gasteiger charge is -2.35. The fourth-order valence-electron chi connectivity index (χ4n) is 4.67.